The van der Waals surface area contributed by atoms with Crippen molar-refractivity contribution in [1.82, 2.24) is 29.1 Å². The third-order valence-corrected chi connectivity index (χ3v) is 13.3. The topological polar surface area (TPSA) is 53.5 Å². The van der Waals surface area contributed by atoms with E-state index in [1.165, 1.54) is 31.8 Å². The molecule has 270 valence electrons. The van der Waals surface area contributed by atoms with E-state index in [2.05, 4.69) is 197 Å². The van der Waals surface area contributed by atoms with Gasteiger partial charge in [0.15, 0.2) is 0 Å². The molecule has 6 aromatic carbocycles. The number of nitrogens with zero attached hydrogens (tertiary/aromatic N) is 6. The molecule has 2 radical (unpaired) electrons. The molecule has 0 atom stereocenters. The molecule has 10 heteroatoms. The van der Waals surface area contributed by atoms with Gasteiger partial charge in [0.25, 0.3) is 7.12 Å². The Morgan fingerprint density at radius 3 is 0.655 bits per heavy atom. The van der Waals surface area contributed by atoms with E-state index in [1.807, 2.05) is 36.8 Å². The molecule has 9 aromatic rings. The van der Waals surface area contributed by atoms with E-state index in [-0.39, 0.29) is 26.6 Å². The second-order valence-corrected chi connectivity index (χ2v) is 16.4. The van der Waals surface area contributed by atoms with Gasteiger partial charge >= 0.3 is 19.5 Å². The predicted octanol–water partition coefficient (Wildman–Crippen LogP) is 7.09. The first-order chi connectivity index (χ1) is 26.8. The Labute approximate surface area is 338 Å². The van der Waals surface area contributed by atoms with Crippen LogP contribution in [0.1, 0.15) is 0 Å². The van der Waals surface area contributed by atoms with Gasteiger partial charge in [-0.1, -0.05) is 182 Å². The summed E-state index contributed by atoms with van der Waals surface area (Å²) in [7, 11) is -1.09. The van der Waals surface area contributed by atoms with Crippen molar-refractivity contribution in [3.8, 4) is 0 Å². The Bertz CT molecular complexity index is 1930. The molecule has 0 spiro atoms. The Hall–Kier alpha value is -5.50. The minimum Gasteiger partial charge on any atom is -0.425 e. The Balaban J connectivity index is 0.000000140. The molecule has 0 amide bonds. The molecule has 6 nitrogen and oxygen atoms in total. The Kier molecular flexibility index (Phi) is 14.8. The molecule has 0 fully saturated rings. The first kappa shape index (κ1) is 39.2. The van der Waals surface area contributed by atoms with Crippen molar-refractivity contribution in [2.45, 2.75) is 0 Å². The summed E-state index contributed by atoms with van der Waals surface area (Å²) in [4.78, 5) is 0. The van der Waals surface area contributed by atoms with E-state index in [0.717, 1.165) is 0 Å². The zero-order valence-electron chi connectivity index (χ0n) is 30.0. The fourth-order valence-electron chi connectivity index (χ4n) is 5.97. The molecular weight excluding hydrogens is 798 g/mol. The molecule has 3 aromatic heterocycles. The van der Waals surface area contributed by atoms with Gasteiger partial charge in [-0.15, -0.1) is 0 Å². The van der Waals surface area contributed by atoms with Crippen LogP contribution in [0.5, 0.6) is 0 Å². The molecule has 0 unspecified atom stereocenters. The van der Waals surface area contributed by atoms with Crippen LogP contribution in [0, 0.1) is 0 Å². The molecule has 0 N–H and O–H groups in total. The summed E-state index contributed by atoms with van der Waals surface area (Å²) in [5, 5.41) is 21.1. The third-order valence-electron chi connectivity index (χ3n) is 8.37. The van der Waals surface area contributed by atoms with Crippen LogP contribution in [-0.2, 0) is 19.5 Å². The van der Waals surface area contributed by atoms with Crippen molar-refractivity contribution in [3.05, 3.63) is 237 Å². The van der Waals surface area contributed by atoms with Gasteiger partial charge in [0, 0.05) is 18.6 Å². The molecule has 3 heterocycles. The molecule has 0 saturated carbocycles. The second-order valence-electron chi connectivity index (χ2n) is 12.0. The normalized spacial score (nSPS) is 10.5. The summed E-state index contributed by atoms with van der Waals surface area (Å²) in [5.41, 5.74) is 0. The van der Waals surface area contributed by atoms with E-state index in [9.17, 15) is 0 Å². The zero-order chi connectivity index (χ0) is 36.6. The Morgan fingerprint density at radius 1 is 0.291 bits per heavy atom. The molecule has 55 heavy (non-hydrogen) atoms. The second kappa shape index (κ2) is 20.8. The van der Waals surface area contributed by atoms with Crippen LogP contribution in [0.4, 0.5) is 0 Å². The van der Waals surface area contributed by atoms with Crippen molar-refractivity contribution in [1.29, 1.82) is 0 Å². The molecule has 0 aliphatic carbocycles. The summed E-state index contributed by atoms with van der Waals surface area (Å²) in [6.45, 7) is 0. The van der Waals surface area contributed by atoms with Crippen LogP contribution in [0.25, 0.3) is 0 Å². The van der Waals surface area contributed by atoms with Crippen molar-refractivity contribution in [3.63, 3.8) is 0 Å². The van der Waals surface area contributed by atoms with Gasteiger partial charge in [0.05, 0.1) is 0 Å². The van der Waals surface area contributed by atoms with Crippen molar-refractivity contribution < 1.29 is 19.5 Å². The summed E-state index contributed by atoms with van der Waals surface area (Å²) >= 11 is 0. The van der Waals surface area contributed by atoms with E-state index >= 15 is 0 Å². The fraction of sp³-hybridized carbons (Fsp3) is 0. The number of rotatable bonds is 9. The predicted molar refractivity (Wildman–Crippen MR) is 229 cm³/mol. The molecule has 0 saturated heterocycles. The molecule has 0 aliphatic heterocycles. The summed E-state index contributed by atoms with van der Waals surface area (Å²) < 4.78 is 5.38. The maximum absolute atomic E-state index is 4.22. The van der Waals surface area contributed by atoms with Crippen LogP contribution in [0.2, 0.25) is 0 Å². The number of aromatic nitrogens is 6. The molecule has 9 rings (SSSR count). The average Bonchev–Trinajstić information content (AvgIpc) is 4.09. The molecular formula is C45H39BN6P2Ru. The SMILES string of the molecule is [Ru+].c1ccc(P(c2ccccc2)c2ccccc2)cc1.c1ccc(P(c2ccccc2)c2ccccc2)cc1.c1cnn([B-](n2cccn2)n2cccn2)c1. The smallest absolute Gasteiger partial charge is 0.425 e. The quantitative estimate of drug-likeness (QED) is 0.115. The van der Waals surface area contributed by atoms with Crippen LogP contribution in [-0.4, -0.2) is 36.2 Å². The number of benzene rings is 6. The molecule has 0 aliphatic rings. The zero-order valence-corrected chi connectivity index (χ0v) is 33.6. The fourth-order valence-corrected chi connectivity index (χ4v) is 10.6. The van der Waals surface area contributed by atoms with Crippen LogP contribution in [0.3, 0.4) is 0 Å². The van der Waals surface area contributed by atoms with Crippen molar-refractivity contribution >= 4 is 54.8 Å². The first-order valence-electron chi connectivity index (χ1n) is 17.7. The van der Waals surface area contributed by atoms with Gasteiger partial charge in [0.2, 0.25) is 0 Å². The summed E-state index contributed by atoms with van der Waals surface area (Å²) in [5.74, 6) is 0. The standard InChI is InChI=1S/2C18H15P.C9H9BN6.Ru/c2*1-4-10-16(11-5-1)19(17-12-6-2-7-13-17)18-14-8-3-9-15-18;1-4-11-14(7-1)10(15-8-2-5-12-15)16-9-3-6-13-16;/h2*1-15H;1-9H;/q;;-1;+1. The van der Waals surface area contributed by atoms with Crippen molar-refractivity contribution in [2.24, 2.45) is 0 Å². The van der Waals surface area contributed by atoms with Gasteiger partial charge in [-0.25, -0.2) is 15.3 Å². The number of hydrogen-bond donors (Lipinski definition) is 0. The largest absolute Gasteiger partial charge is 1.00 e. The van der Waals surface area contributed by atoms with E-state index < -0.39 is 15.8 Å². The third kappa shape index (κ3) is 10.6. The molecule has 0 bridgehead atoms. The van der Waals surface area contributed by atoms with Gasteiger partial charge in [-0.3, -0.25) is 0 Å². The van der Waals surface area contributed by atoms with E-state index in [4.69, 9.17) is 0 Å². The number of hydrogen-bond acceptors (Lipinski definition) is 3. The average molecular weight is 838 g/mol. The van der Waals surface area contributed by atoms with Crippen LogP contribution >= 0.6 is 15.8 Å². The van der Waals surface area contributed by atoms with E-state index in [0.29, 0.717) is 0 Å². The maximum atomic E-state index is 4.22. The van der Waals surface area contributed by atoms with Crippen LogP contribution in [0.15, 0.2) is 237 Å². The van der Waals surface area contributed by atoms with Crippen LogP contribution < -0.4 is 31.8 Å². The van der Waals surface area contributed by atoms with Gasteiger partial charge in [-0.05, 0) is 84.5 Å². The van der Waals surface area contributed by atoms with E-state index in [1.54, 1.807) is 32.4 Å². The summed E-state index contributed by atoms with van der Waals surface area (Å²) in [6, 6.07) is 70.3. The van der Waals surface area contributed by atoms with Gasteiger partial charge in [0.1, 0.15) is 0 Å². The van der Waals surface area contributed by atoms with Crippen molar-refractivity contribution in [2.75, 3.05) is 0 Å². The minimum atomic E-state index is -0.446. The first-order valence-corrected chi connectivity index (χ1v) is 20.4. The van der Waals surface area contributed by atoms with Gasteiger partial charge in [-0.2, -0.15) is 0 Å². The summed E-state index contributed by atoms with van der Waals surface area (Å²) in [6.07, 6.45) is 10.9. The Morgan fingerprint density at radius 2 is 0.491 bits per heavy atom. The maximum Gasteiger partial charge on any atom is 1.00 e. The minimum absolute atomic E-state index is 0. The monoisotopic (exact) mass is 838 g/mol. The van der Waals surface area contributed by atoms with Gasteiger partial charge < -0.3 is 13.8 Å².